The SMILES string of the molecule is [2H]C([2H])(Oc1nc(N2C[C@H]3CC[C@@H](C2)N3)c2cnc(-c3cc(O)cc4ccc(F)c(F)c34)c(F)c2n1)C1(CN2CCCC2)CC1. The average molecular weight is 593 g/mol. The first-order chi connectivity index (χ1) is 21.6. The molecule has 2 aromatic heterocycles. The van der Waals surface area contributed by atoms with Gasteiger partial charge in [0.05, 0.1) is 14.7 Å². The van der Waals surface area contributed by atoms with Crippen LogP contribution in [0.25, 0.3) is 32.9 Å². The Morgan fingerprint density at radius 1 is 1.05 bits per heavy atom. The molecule has 5 heterocycles. The molecule has 2 aromatic carbocycles. The largest absolute Gasteiger partial charge is 0.508 e. The van der Waals surface area contributed by atoms with Gasteiger partial charge < -0.3 is 25.0 Å². The Balaban J connectivity index is 1.26. The number of likely N-dealkylation sites (tertiary alicyclic amines) is 1. The Hall–Kier alpha value is -3.70. The minimum Gasteiger partial charge on any atom is -0.508 e. The molecule has 8 nitrogen and oxygen atoms in total. The lowest BCUT2D eigenvalue weighted by Gasteiger charge is -2.34. The number of benzene rings is 2. The van der Waals surface area contributed by atoms with Crippen molar-refractivity contribution in [2.75, 3.05) is 44.2 Å². The van der Waals surface area contributed by atoms with Crippen molar-refractivity contribution in [3.05, 3.63) is 47.9 Å². The molecule has 0 spiro atoms. The minimum absolute atomic E-state index is 0.137. The van der Waals surface area contributed by atoms with Gasteiger partial charge in [-0.15, -0.1) is 0 Å². The molecule has 4 fully saturated rings. The third-order valence-corrected chi connectivity index (χ3v) is 9.34. The molecular formula is C32H33F3N6O2. The van der Waals surface area contributed by atoms with Crippen molar-refractivity contribution in [2.45, 2.75) is 50.6 Å². The first-order valence-electron chi connectivity index (χ1n) is 16.0. The molecule has 3 aliphatic heterocycles. The van der Waals surface area contributed by atoms with Crippen molar-refractivity contribution in [3.8, 4) is 23.0 Å². The Morgan fingerprint density at radius 2 is 1.81 bits per heavy atom. The van der Waals surface area contributed by atoms with Gasteiger partial charge in [0.25, 0.3) is 0 Å². The number of aromatic nitrogens is 3. The molecule has 2 bridgehead atoms. The van der Waals surface area contributed by atoms with E-state index >= 15 is 8.78 Å². The van der Waals surface area contributed by atoms with Crippen molar-refractivity contribution in [3.63, 3.8) is 0 Å². The molecule has 1 aliphatic carbocycles. The van der Waals surface area contributed by atoms with Crippen LogP contribution >= 0.6 is 0 Å². The van der Waals surface area contributed by atoms with E-state index in [1.807, 2.05) is 4.90 Å². The van der Waals surface area contributed by atoms with Gasteiger partial charge in [-0.05, 0) is 75.2 Å². The van der Waals surface area contributed by atoms with Crippen LogP contribution in [0.1, 0.15) is 41.3 Å². The number of pyridine rings is 1. The first kappa shape index (κ1) is 24.7. The summed E-state index contributed by atoms with van der Waals surface area (Å²) in [4.78, 5) is 17.7. The van der Waals surface area contributed by atoms with Crippen LogP contribution in [0.3, 0.4) is 0 Å². The quantitative estimate of drug-likeness (QED) is 0.304. The van der Waals surface area contributed by atoms with Crippen LogP contribution in [0.2, 0.25) is 0 Å². The molecule has 8 rings (SSSR count). The summed E-state index contributed by atoms with van der Waals surface area (Å²) < 4.78 is 70.0. The Kier molecular flexibility index (Phi) is 5.86. The Bertz CT molecular complexity index is 1820. The molecule has 0 amide bonds. The molecule has 0 unspecified atom stereocenters. The minimum atomic E-state index is -2.11. The van der Waals surface area contributed by atoms with E-state index in [4.69, 9.17) is 7.48 Å². The van der Waals surface area contributed by atoms with Crippen LogP contribution in [-0.2, 0) is 0 Å². The third-order valence-electron chi connectivity index (χ3n) is 9.34. The normalized spacial score (nSPS) is 24.0. The fourth-order valence-corrected chi connectivity index (χ4v) is 7.00. The highest BCUT2D eigenvalue weighted by Crippen LogP contribution is 2.47. The molecule has 1 saturated carbocycles. The zero-order valence-electron chi connectivity index (χ0n) is 25.5. The van der Waals surface area contributed by atoms with Gasteiger partial charge in [0, 0.05) is 54.3 Å². The number of anilines is 1. The molecule has 2 N–H and O–H groups in total. The van der Waals surface area contributed by atoms with E-state index in [1.54, 1.807) is 0 Å². The number of nitrogens with one attached hydrogen (secondary N) is 1. The van der Waals surface area contributed by atoms with E-state index in [0.29, 0.717) is 43.7 Å². The molecular weight excluding hydrogens is 557 g/mol. The molecule has 3 saturated heterocycles. The standard InChI is InChI=1S/C32H33F3N6O2/c33-24-6-3-18-11-21(42)12-22(25(18)26(24)34)28-27(35)29-23(13-36-28)30(41-14-19-4-5-20(15-41)37-19)39-31(38-29)43-17-32(7-8-32)16-40-9-1-2-10-40/h3,6,11-13,19-20,37,42H,1-2,4-5,7-10,14-17H2/t19-,20+/i17D2. The van der Waals surface area contributed by atoms with Gasteiger partial charge in [0.1, 0.15) is 22.8 Å². The summed E-state index contributed by atoms with van der Waals surface area (Å²) >= 11 is 0. The van der Waals surface area contributed by atoms with Gasteiger partial charge >= 0.3 is 6.01 Å². The number of hydrogen-bond donors (Lipinski definition) is 2. The van der Waals surface area contributed by atoms with Gasteiger partial charge in [0.15, 0.2) is 17.5 Å². The fourth-order valence-electron chi connectivity index (χ4n) is 7.00. The average Bonchev–Trinajstić information content (AvgIpc) is 3.48. The number of rotatable bonds is 7. The predicted molar refractivity (Wildman–Crippen MR) is 157 cm³/mol. The highest BCUT2D eigenvalue weighted by molar-refractivity contribution is 6.00. The molecule has 0 radical (unpaired) electrons. The summed E-state index contributed by atoms with van der Waals surface area (Å²) in [6, 6.07) is 4.82. The van der Waals surface area contributed by atoms with Gasteiger partial charge in [-0.1, -0.05) is 6.07 Å². The maximum absolute atomic E-state index is 16.7. The third kappa shape index (κ3) is 4.82. The van der Waals surface area contributed by atoms with E-state index in [9.17, 15) is 9.50 Å². The maximum atomic E-state index is 16.7. The number of piperazine rings is 1. The number of phenolic OH excluding ortho intramolecular Hbond substituents is 1. The van der Waals surface area contributed by atoms with Gasteiger partial charge in [0.2, 0.25) is 0 Å². The van der Waals surface area contributed by atoms with Crippen molar-refractivity contribution in [1.29, 1.82) is 0 Å². The van der Waals surface area contributed by atoms with Crippen LogP contribution in [0.15, 0.2) is 30.5 Å². The van der Waals surface area contributed by atoms with Crippen LogP contribution < -0.4 is 15.0 Å². The first-order valence-corrected chi connectivity index (χ1v) is 15.0. The van der Waals surface area contributed by atoms with Crippen molar-refractivity contribution in [2.24, 2.45) is 5.41 Å². The molecule has 11 heteroatoms. The maximum Gasteiger partial charge on any atom is 0.319 e. The van der Waals surface area contributed by atoms with Gasteiger partial charge in [-0.3, -0.25) is 4.98 Å². The van der Waals surface area contributed by atoms with Crippen LogP contribution in [0, 0.1) is 22.9 Å². The molecule has 224 valence electrons. The highest BCUT2D eigenvalue weighted by Gasteiger charge is 2.45. The number of ether oxygens (including phenoxy) is 1. The summed E-state index contributed by atoms with van der Waals surface area (Å²) in [6.07, 6.45) is 6.89. The van der Waals surface area contributed by atoms with Crippen molar-refractivity contribution < 1.29 is 25.8 Å². The van der Waals surface area contributed by atoms with E-state index < -0.39 is 29.4 Å². The lowest BCUT2D eigenvalue weighted by Crippen LogP contribution is -2.51. The van der Waals surface area contributed by atoms with E-state index in [0.717, 1.165) is 50.9 Å². The summed E-state index contributed by atoms with van der Waals surface area (Å²) in [6.45, 7) is 1.52. The predicted octanol–water partition coefficient (Wildman–Crippen LogP) is 5.16. The van der Waals surface area contributed by atoms with Crippen molar-refractivity contribution in [1.82, 2.24) is 25.2 Å². The lowest BCUT2D eigenvalue weighted by atomic mass is 9.99. The van der Waals surface area contributed by atoms with Crippen LogP contribution in [0.4, 0.5) is 19.0 Å². The van der Waals surface area contributed by atoms with E-state index in [-0.39, 0.29) is 51.4 Å². The second kappa shape index (κ2) is 10.2. The summed E-state index contributed by atoms with van der Waals surface area (Å²) in [5.74, 6) is -3.13. The van der Waals surface area contributed by atoms with Crippen molar-refractivity contribution >= 4 is 27.5 Å². The number of aromatic hydroxyl groups is 1. The van der Waals surface area contributed by atoms with Crippen LogP contribution in [-0.4, -0.2) is 76.3 Å². The van der Waals surface area contributed by atoms with Gasteiger partial charge in [-0.2, -0.15) is 9.97 Å². The van der Waals surface area contributed by atoms with Gasteiger partial charge in [-0.25, -0.2) is 13.2 Å². The monoisotopic (exact) mass is 592 g/mol. The molecule has 4 aliphatic rings. The summed E-state index contributed by atoms with van der Waals surface area (Å²) in [5.41, 5.74) is -1.37. The smallest absolute Gasteiger partial charge is 0.319 e. The topological polar surface area (TPSA) is 86.6 Å². The second-order valence-corrected chi connectivity index (χ2v) is 12.5. The number of phenols is 1. The summed E-state index contributed by atoms with van der Waals surface area (Å²) in [7, 11) is 0. The molecule has 43 heavy (non-hydrogen) atoms. The second-order valence-electron chi connectivity index (χ2n) is 12.5. The molecule has 2 atom stereocenters. The zero-order valence-corrected chi connectivity index (χ0v) is 23.5. The van der Waals surface area contributed by atoms with E-state index in [2.05, 4.69) is 25.2 Å². The fraction of sp³-hybridized carbons (Fsp3) is 0.469. The number of halogens is 3. The van der Waals surface area contributed by atoms with E-state index in [1.165, 1.54) is 18.3 Å². The lowest BCUT2D eigenvalue weighted by molar-refractivity contribution is 0.170. The zero-order chi connectivity index (χ0) is 31.1. The number of fused-ring (bicyclic) bond motifs is 4. The number of nitrogens with zero attached hydrogens (tertiary/aromatic N) is 5. The number of hydrogen-bond acceptors (Lipinski definition) is 8. The molecule has 4 aromatic rings. The van der Waals surface area contributed by atoms with Crippen LogP contribution in [0.5, 0.6) is 11.8 Å². The Labute approximate surface area is 249 Å². The highest BCUT2D eigenvalue weighted by atomic mass is 19.2. The summed E-state index contributed by atoms with van der Waals surface area (Å²) in [5, 5.41) is 14.2. The Morgan fingerprint density at radius 3 is 2.56 bits per heavy atom.